The molecule has 4 aromatic carbocycles. The number of nitrogens with zero attached hydrogens (tertiary/aromatic N) is 4. The zero-order valence-electron chi connectivity index (χ0n) is 30.1. The summed E-state index contributed by atoms with van der Waals surface area (Å²) in [5.74, 6) is 4.19. The molecule has 47 heavy (non-hydrogen) atoms. The number of hydrogen-bond acceptors (Lipinski definition) is 4. The van der Waals surface area contributed by atoms with Crippen LogP contribution in [-0.4, -0.2) is 15.0 Å². The molecule has 0 N–H and O–H groups in total. The summed E-state index contributed by atoms with van der Waals surface area (Å²) in [5.41, 5.74) is 6.99. The molecule has 5 heteroatoms. The number of ether oxygens (including phenoxy) is 1. The van der Waals surface area contributed by atoms with Gasteiger partial charge in [0.05, 0.1) is 10.9 Å². The summed E-state index contributed by atoms with van der Waals surface area (Å²) in [7, 11) is 2.15. The normalized spacial score (nSPS) is 13.4. The van der Waals surface area contributed by atoms with E-state index in [1.807, 2.05) is 0 Å². The molecule has 0 unspecified atom stereocenters. The number of pyridine rings is 1. The van der Waals surface area contributed by atoms with Crippen molar-refractivity contribution in [2.75, 3.05) is 0 Å². The van der Waals surface area contributed by atoms with Gasteiger partial charge in [-0.1, -0.05) is 92.6 Å². The van der Waals surface area contributed by atoms with Gasteiger partial charge in [-0.3, -0.25) is 0 Å². The van der Waals surface area contributed by atoms with Gasteiger partial charge in [-0.05, 0) is 70.5 Å². The number of benzene rings is 4. The van der Waals surface area contributed by atoms with Crippen molar-refractivity contribution in [3.63, 3.8) is 0 Å². The zero-order chi connectivity index (χ0) is 33.8. The maximum Gasteiger partial charge on any atom is 0.228 e. The van der Waals surface area contributed by atoms with Gasteiger partial charge in [0.2, 0.25) is 5.69 Å². The Kier molecular flexibility index (Phi) is 6.85. The van der Waals surface area contributed by atoms with E-state index in [9.17, 15) is 0 Å². The third-order valence-corrected chi connectivity index (χ3v) is 9.45. The lowest BCUT2D eigenvalue weighted by Crippen LogP contribution is -2.32. The number of rotatable bonds is 2. The summed E-state index contributed by atoms with van der Waals surface area (Å²) in [6.07, 6.45) is 3.22. The maximum atomic E-state index is 6.92. The van der Waals surface area contributed by atoms with E-state index in [4.69, 9.17) is 19.7 Å². The Hall–Kier alpha value is -4.38. The van der Waals surface area contributed by atoms with Crippen LogP contribution in [0.2, 0.25) is 0 Å². The lowest BCUT2D eigenvalue weighted by Gasteiger charge is -2.25. The van der Waals surface area contributed by atoms with Crippen molar-refractivity contribution in [3.8, 4) is 34.1 Å². The van der Waals surface area contributed by atoms with Crippen molar-refractivity contribution in [2.45, 2.75) is 93.4 Å². The van der Waals surface area contributed by atoms with E-state index in [2.05, 4.69) is 143 Å². The highest BCUT2D eigenvalue weighted by molar-refractivity contribution is 6.16. The van der Waals surface area contributed by atoms with Gasteiger partial charge in [0.15, 0.2) is 12.0 Å². The summed E-state index contributed by atoms with van der Waals surface area (Å²) < 4.78 is 9.18. The van der Waals surface area contributed by atoms with Crippen LogP contribution >= 0.6 is 0 Å². The molecular weight excluding hydrogens is 576 g/mol. The van der Waals surface area contributed by atoms with E-state index in [-0.39, 0.29) is 16.2 Å². The van der Waals surface area contributed by atoms with Gasteiger partial charge < -0.3 is 4.74 Å². The Morgan fingerprint density at radius 1 is 0.681 bits per heavy atom. The third-order valence-electron chi connectivity index (χ3n) is 9.45. The highest BCUT2D eigenvalue weighted by Gasteiger charge is 2.33. The molecule has 0 spiro atoms. The Morgan fingerprint density at radius 2 is 1.36 bits per heavy atom. The Bertz CT molecular complexity index is 2250. The molecule has 0 atom stereocenters. The fourth-order valence-electron chi connectivity index (χ4n) is 7.04. The van der Waals surface area contributed by atoms with Crippen molar-refractivity contribution < 1.29 is 9.30 Å². The van der Waals surface area contributed by atoms with Crippen molar-refractivity contribution in [3.05, 3.63) is 83.1 Å². The van der Waals surface area contributed by atoms with Crippen LogP contribution in [0.3, 0.4) is 0 Å². The van der Waals surface area contributed by atoms with Crippen molar-refractivity contribution in [1.82, 2.24) is 15.0 Å². The van der Waals surface area contributed by atoms with Gasteiger partial charge in [-0.2, -0.15) is 0 Å². The number of aromatic nitrogens is 4. The summed E-state index contributed by atoms with van der Waals surface area (Å²) in [5, 5.41) is 7.15. The van der Waals surface area contributed by atoms with Crippen LogP contribution < -0.4 is 9.30 Å². The second-order valence-corrected chi connectivity index (χ2v) is 16.9. The topological polar surface area (TPSA) is 51.8 Å². The van der Waals surface area contributed by atoms with Gasteiger partial charge >= 0.3 is 0 Å². The molecule has 0 saturated carbocycles. The number of aryl methyl sites for hydroxylation is 3. The maximum absolute atomic E-state index is 6.92. The van der Waals surface area contributed by atoms with E-state index in [1.54, 1.807) is 0 Å². The summed E-state index contributed by atoms with van der Waals surface area (Å²) >= 11 is 0. The molecule has 2 aromatic heterocycles. The largest absolute Gasteiger partial charge is 0.455 e. The second-order valence-electron chi connectivity index (χ2n) is 16.9. The van der Waals surface area contributed by atoms with Crippen LogP contribution in [0.4, 0.5) is 0 Å². The fraction of sp³-hybridized carbons (Fsp3) is 0.381. The van der Waals surface area contributed by atoms with Crippen LogP contribution in [0.1, 0.15) is 90.7 Å². The predicted octanol–water partition coefficient (Wildman–Crippen LogP) is 10.4. The van der Waals surface area contributed by atoms with Gasteiger partial charge in [0, 0.05) is 33.4 Å². The van der Waals surface area contributed by atoms with E-state index in [0.29, 0.717) is 5.82 Å². The van der Waals surface area contributed by atoms with Crippen molar-refractivity contribution in [2.24, 2.45) is 12.5 Å². The molecule has 5 nitrogen and oxygen atoms in total. The zero-order valence-corrected chi connectivity index (χ0v) is 30.1. The molecule has 6 aromatic rings. The molecule has 0 amide bonds. The van der Waals surface area contributed by atoms with Crippen molar-refractivity contribution in [1.29, 1.82) is 0 Å². The number of fused-ring (bicyclic) bond motifs is 5. The molecule has 0 fully saturated rings. The highest BCUT2D eigenvalue weighted by Crippen LogP contribution is 2.52. The van der Waals surface area contributed by atoms with Crippen molar-refractivity contribution >= 4 is 32.3 Å². The first-order valence-electron chi connectivity index (χ1n) is 16.8. The Morgan fingerprint density at radius 3 is 2.00 bits per heavy atom. The first kappa shape index (κ1) is 31.2. The molecule has 0 radical (unpaired) electrons. The van der Waals surface area contributed by atoms with Crippen LogP contribution in [0.15, 0.2) is 54.7 Å². The summed E-state index contributed by atoms with van der Waals surface area (Å²) in [6, 6.07) is 18.0. The average Bonchev–Trinajstić information content (AvgIpc) is 2.98. The van der Waals surface area contributed by atoms with Crippen LogP contribution in [-0.2, 0) is 24.3 Å². The van der Waals surface area contributed by atoms with E-state index in [0.717, 1.165) is 56.7 Å². The van der Waals surface area contributed by atoms with Gasteiger partial charge in [0.1, 0.15) is 30.2 Å². The quantitative estimate of drug-likeness (QED) is 0.142. The minimum Gasteiger partial charge on any atom is -0.455 e. The minimum absolute atomic E-state index is 0.199. The number of hydrogen-bond donors (Lipinski definition) is 0. The lowest BCUT2D eigenvalue weighted by atomic mass is 9.84. The molecule has 1 aliphatic heterocycles. The third kappa shape index (κ3) is 5.24. The molecule has 0 bridgehead atoms. The van der Waals surface area contributed by atoms with E-state index >= 15 is 0 Å². The molecule has 1 aliphatic rings. The minimum atomic E-state index is -0.199. The van der Waals surface area contributed by atoms with Crippen LogP contribution in [0, 0.1) is 19.3 Å². The Labute approximate surface area is 279 Å². The second kappa shape index (κ2) is 10.3. The summed E-state index contributed by atoms with van der Waals surface area (Å²) in [6.45, 7) is 24.3. The molecule has 240 valence electrons. The van der Waals surface area contributed by atoms with Gasteiger partial charge in [0.25, 0.3) is 0 Å². The van der Waals surface area contributed by atoms with E-state index < -0.39 is 0 Å². The predicted molar refractivity (Wildman–Crippen MR) is 194 cm³/mol. The average molecular weight is 624 g/mol. The molecule has 0 aliphatic carbocycles. The van der Waals surface area contributed by atoms with E-state index in [1.165, 1.54) is 38.7 Å². The smallest absolute Gasteiger partial charge is 0.228 e. The first-order valence-corrected chi connectivity index (χ1v) is 16.8. The highest BCUT2D eigenvalue weighted by atomic mass is 16.5. The fourth-order valence-corrected chi connectivity index (χ4v) is 7.04. The van der Waals surface area contributed by atoms with Gasteiger partial charge in [-0.25, -0.2) is 19.5 Å². The molecule has 0 saturated heterocycles. The molecule has 3 heterocycles. The molecular formula is C42H47N4O+. The standard InChI is InChI=1S/C42H47N4O/c1-23-30-19-25(22-40(3,4)5)13-16-28(30)24(2)36-33(23)35-34-29(17-18-46(35)12)31-20-27(15-14-26(31)21-32(34)47-36)37-43-38(41(6,7)8)45-39(44-37)42(9,10)11/h13-21H,22H2,1-12H3/q+1. The molecule has 7 rings (SSSR count). The monoisotopic (exact) mass is 623 g/mol. The lowest BCUT2D eigenvalue weighted by molar-refractivity contribution is -0.659. The first-order chi connectivity index (χ1) is 21.9. The van der Waals surface area contributed by atoms with Crippen LogP contribution in [0.25, 0.3) is 55.0 Å². The summed E-state index contributed by atoms with van der Waals surface area (Å²) in [4.78, 5) is 14.9. The van der Waals surface area contributed by atoms with Crippen LogP contribution in [0.5, 0.6) is 11.5 Å². The Balaban J connectivity index is 1.48. The SMILES string of the molecule is Cc1c2c(c(C)c3cc(CC(C)(C)C)ccc13)-c1c3c(cc4ccc(-c5nc(C(C)(C)C)nc(C(C)(C)C)n5)cc4c3cc[n+]1C)O2. The van der Waals surface area contributed by atoms with Gasteiger partial charge in [-0.15, -0.1) is 0 Å².